The van der Waals surface area contributed by atoms with Gasteiger partial charge in [-0.15, -0.1) is 0 Å². The van der Waals surface area contributed by atoms with Gasteiger partial charge in [0, 0.05) is 7.05 Å². The lowest BCUT2D eigenvalue weighted by Crippen LogP contribution is -2.59. The van der Waals surface area contributed by atoms with Gasteiger partial charge in [0.1, 0.15) is 11.3 Å². The van der Waals surface area contributed by atoms with Gasteiger partial charge in [0.05, 0.1) is 12.8 Å². The Labute approximate surface area is 124 Å². The number of amides is 2. The van der Waals surface area contributed by atoms with Crippen LogP contribution in [0, 0.1) is 5.92 Å². The molecule has 0 bridgehead atoms. The number of nitrogens with one attached hydrogen (secondary N) is 1. The van der Waals surface area contributed by atoms with Crippen LogP contribution in [-0.2, 0) is 11.3 Å². The highest BCUT2D eigenvalue weighted by molar-refractivity contribution is 5.86. The molecule has 1 heterocycles. The van der Waals surface area contributed by atoms with Crippen molar-refractivity contribution in [1.82, 2.24) is 10.2 Å². The number of carboxylic acids is 1. The Morgan fingerprint density at radius 1 is 1.57 bits per heavy atom. The number of aliphatic carboxylic acids is 1. The van der Waals surface area contributed by atoms with E-state index in [2.05, 4.69) is 5.32 Å². The zero-order valence-corrected chi connectivity index (χ0v) is 12.5. The van der Waals surface area contributed by atoms with Crippen molar-refractivity contribution in [2.45, 2.75) is 44.7 Å². The summed E-state index contributed by atoms with van der Waals surface area (Å²) >= 11 is 0. The summed E-state index contributed by atoms with van der Waals surface area (Å²) in [6, 6.07) is 3.14. The number of carbonyl (C=O) groups is 2. The van der Waals surface area contributed by atoms with Crippen molar-refractivity contribution in [3.63, 3.8) is 0 Å². The summed E-state index contributed by atoms with van der Waals surface area (Å²) in [5.74, 6) is 0.00775. The molecule has 2 amide bonds. The van der Waals surface area contributed by atoms with Crippen LogP contribution in [0.3, 0.4) is 0 Å². The molecule has 0 saturated heterocycles. The summed E-state index contributed by atoms with van der Waals surface area (Å²) in [4.78, 5) is 25.3. The third-order valence-electron chi connectivity index (χ3n) is 4.07. The maximum Gasteiger partial charge on any atom is 0.329 e. The van der Waals surface area contributed by atoms with Gasteiger partial charge >= 0.3 is 12.0 Å². The van der Waals surface area contributed by atoms with Crippen LogP contribution in [0.25, 0.3) is 0 Å². The predicted octanol–water partition coefficient (Wildman–Crippen LogP) is 2.45. The van der Waals surface area contributed by atoms with Crippen molar-refractivity contribution in [3.05, 3.63) is 24.2 Å². The van der Waals surface area contributed by atoms with E-state index < -0.39 is 11.5 Å². The quantitative estimate of drug-likeness (QED) is 0.893. The first-order chi connectivity index (χ1) is 9.93. The van der Waals surface area contributed by atoms with Crippen molar-refractivity contribution in [1.29, 1.82) is 0 Å². The number of furan rings is 1. The van der Waals surface area contributed by atoms with Gasteiger partial charge in [-0.3, -0.25) is 0 Å². The van der Waals surface area contributed by atoms with Crippen LogP contribution in [0.15, 0.2) is 22.8 Å². The van der Waals surface area contributed by atoms with Crippen molar-refractivity contribution in [2.24, 2.45) is 5.92 Å². The van der Waals surface area contributed by atoms with Gasteiger partial charge in [0.15, 0.2) is 0 Å². The number of hydrogen-bond donors (Lipinski definition) is 2. The fourth-order valence-corrected chi connectivity index (χ4v) is 2.92. The molecule has 2 atom stereocenters. The second-order valence-corrected chi connectivity index (χ2v) is 5.95. The van der Waals surface area contributed by atoms with Crippen LogP contribution in [0.5, 0.6) is 0 Å². The molecule has 116 valence electrons. The second-order valence-electron chi connectivity index (χ2n) is 5.95. The Kier molecular flexibility index (Phi) is 4.55. The van der Waals surface area contributed by atoms with E-state index in [1.165, 1.54) is 4.90 Å². The van der Waals surface area contributed by atoms with Crippen molar-refractivity contribution in [3.8, 4) is 0 Å². The molecule has 6 heteroatoms. The van der Waals surface area contributed by atoms with E-state index in [1.807, 2.05) is 6.92 Å². The van der Waals surface area contributed by atoms with Gasteiger partial charge in [0.2, 0.25) is 0 Å². The van der Waals surface area contributed by atoms with Gasteiger partial charge in [-0.2, -0.15) is 0 Å². The molecule has 21 heavy (non-hydrogen) atoms. The van der Waals surface area contributed by atoms with Crippen LogP contribution in [0.2, 0.25) is 0 Å². The summed E-state index contributed by atoms with van der Waals surface area (Å²) in [5.41, 5.74) is -1.15. The van der Waals surface area contributed by atoms with Crippen LogP contribution in [0.4, 0.5) is 4.79 Å². The number of hydrogen-bond acceptors (Lipinski definition) is 3. The van der Waals surface area contributed by atoms with Crippen LogP contribution >= 0.6 is 0 Å². The molecule has 0 radical (unpaired) electrons. The van der Waals surface area contributed by atoms with Crippen LogP contribution < -0.4 is 5.32 Å². The van der Waals surface area contributed by atoms with Crippen LogP contribution in [0.1, 0.15) is 38.4 Å². The molecule has 1 aliphatic rings. The van der Waals surface area contributed by atoms with Crippen molar-refractivity contribution < 1.29 is 19.1 Å². The highest BCUT2D eigenvalue weighted by atomic mass is 16.4. The molecule has 1 saturated carbocycles. The SMILES string of the molecule is CC1CCCC(NC(=O)N(C)Cc2ccco2)(C(=O)O)C1. The summed E-state index contributed by atoms with van der Waals surface area (Å²) in [7, 11) is 1.62. The Bertz CT molecular complexity index is 500. The number of carbonyl (C=O) groups excluding carboxylic acids is 1. The maximum absolute atomic E-state index is 12.3. The fourth-order valence-electron chi connectivity index (χ4n) is 2.92. The molecule has 2 N–H and O–H groups in total. The number of nitrogens with zero attached hydrogens (tertiary/aromatic N) is 1. The molecule has 2 unspecified atom stereocenters. The molecule has 0 aromatic carbocycles. The highest BCUT2D eigenvalue weighted by Crippen LogP contribution is 2.32. The van der Waals surface area contributed by atoms with Crippen molar-refractivity contribution >= 4 is 12.0 Å². The first-order valence-corrected chi connectivity index (χ1v) is 7.22. The molecular weight excluding hydrogens is 272 g/mol. The lowest BCUT2D eigenvalue weighted by Gasteiger charge is -2.38. The van der Waals surface area contributed by atoms with E-state index in [9.17, 15) is 14.7 Å². The summed E-state index contributed by atoms with van der Waals surface area (Å²) in [6.45, 7) is 2.33. The first kappa shape index (κ1) is 15.4. The summed E-state index contributed by atoms with van der Waals surface area (Å²) in [6.07, 6.45) is 4.32. The number of carboxylic acid groups (broad SMARTS) is 1. The van der Waals surface area contributed by atoms with E-state index in [-0.39, 0.29) is 6.03 Å². The van der Waals surface area contributed by atoms with Crippen LogP contribution in [-0.4, -0.2) is 34.6 Å². The third kappa shape index (κ3) is 3.56. The van der Waals surface area contributed by atoms with E-state index >= 15 is 0 Å². The van der Waals surface area contributed by atoms with Gasteiger partial charge in [-0.25, -0.2) is 9.59 Å². The molecule has 2 rings (SSSR count). The minimum absolute atomic E-state index is 0.297. The number of rotatable bonds is 4. The maximum atomic E-state index is 12.3. The molecule has 1 fully saturated rings. The first-order valence-electron chi connectivity index (χ1n) is 7.22. The monoisotopic (exact) mass is 294 g/mol. The summed E-state index contributed by atoms with van der Waals surface area (Å²) < 4.78 is 5.20. The molecule has 0 spiro atoms. The Hall–Kier alpha value is -1.98. The third-order valence-corrected chi connectivity index (χ3v) is 4.07. The normalized spacial score (nSPS) is 25.3. The van der Waals surface area contributed by atoms with Gasteiger partial charge < -0.3 is 19.7 Å². The molecule has 1 aromatic heterocycles. The van der Waals surface area contributed by atoms with E-state index in [0.717, 1.165) is 12.8 Å². The Balaban J connectivity index is 2.02. The van der Waals surface area contributed by atoms with E-state index in [0.29, 0.717) is 31.1 Å². The fraction of sp³-hybridized carbons (Fsp3) is 0.600. The minimum atomic E-state index is -1.15. The van der Waals surface area contributed by atoms with E-state index in [4.69, 9.17) is 4.42 Å². The molecule has 0 aliphatic heterocycles. The molecule has 6 nitrogen and oxygen atoms in total. The largest absolute Gasteiger partial charge is 0.480 e. The second kappa shape index (κ2) is 6.20. The average molecular weight is 294 g/mol. The molecular formula is C15H22N2O4. The Morgan fingerprint density at radius 2 is 2.33 bits per heavy atom. The van der Waals surface area contributed by atoms with Gasteiger partial charge in [-0.1, -0.05) is 19.8 Å². The summed E-state index contributed by atoms with van der Waals surface area (Å²) in [5, 5.41) is 12.3. The standard InChI is InChI=1S/C15H22N2O4/c1-11-5-3-7-15(9-11,13(18)19)16-14(20)17(2)10-12-6-4-8-21-12/h4,6,8,11H,3,5,7,9-10H2,1-2H3,(H,16,20)(H,18,19). The Morgan fingerprint density at radius 3 is 2.90 bits per heavy atom. The molecule has 1 aliphatic carbocycles. The minimum Gasteiger partial charge on any atom is -0.480 e. The molecule has 1 aromatic rings. The zero-order chi connectivity index (χ0) is 15.5. The van der Waals surface area contributed by atoms with Gasteiger partial charge in [-0.05, 0) is 30.9 Å². The topological polar surface area (TPSA) is 82.8 Å². The lowest BCUT2D eigenvalue weighted by atomic mass is 9.76. The van der Waals surface area contributed by atoms with Gasteiger partial charge in [0.25, 0.3) is 0 Å². The lowest BCUT2D eigenvalue weighted by molar-refractivity contribution is -0.146. The predicted molar refractivity (Wildman–Crippen MR) is 76.7 cm³/mol. The zero-order valence-electron chi connectivity index (χ0n) is 12.5. The average Bonchev–Trinajstić information content (AvgIpc) is 2.91. The van der Waals surface area contributed by atoms with Crippen molar-refractivity contribution in [2.75, 3.05) is 7.05 Å². The highest BCUT2D eigenvalue weighted by Gasteiger charge is 2.43. The number of urea groups is 1. The smallest absolute Gasteiger partial charge is 0.329 e. The van der Waals surface area contributed by atoms with E-state index in [1.54, 1.807) is 25.4 Å².